The number of nitrogens with two attached hydrogens (primary N) is 1. The van der Waals surface area contributed by atoms with Crippen LogP contribution < -0.4 is 10.6 Å². The van der Waals surface area contributed by atoms with Gasteiger partial charge in [-0.2, -0.15) is 0 Å². The number of carbonyl (C=O) groups excluding carboxylic acids is 1. The van der Waals surface area contributed by atoms with Gasteiger partial charge in [0.2, 0.25) is 5.91 Å². The fraction of sp³-hybridized carbons (Fsp3) is 0.714. The topological polar surface area (TPSA) is 62.5 Å². The van der Waals surface area contributed by atoms with E-state index in [1.807, 2.05) is 6.92 Å². The first kappa shape index (κ1) is 18.4. The molecule has 0 bridgehead atoms. The summed E-state index contributed by atoms with van der Waals surface area (Å²) in [5, 5.41) is 2.86. The second kappa shape index (κ2) is 8.68. The highest BCUT2D eigenvalue weighted by molar-refractivity contribution is 7.14. The van der Waals surface area contributed by atoms with Gasteiger partial charge in [0.25, 0.3) is 0 Å². The van der Waals surface area contributed by atoms with Crippen molar-refractivity contribution in [1.29, 1.82) is 0 Å². The number of likely N-dealkylation sites (tertiary alicyclic amines) is 1. The molecule has 1 unspecified atom stereocenters. The summed E-state index contributed by atoms with van der Waals surface area (Å²) in [5.74, 6) is 0.0474. The molecular formula is C14H25ClN4OS. The Morgan fingerprint density at radius 3 is 2.95 bits per heavy atom. The van der Waals surface area contributed by atoms with E-state index >= 15 is 0 Å². The van der Waals surface area contributed by atoms with Crippen molar-refractivity contribution >= 4 is 34.8 Å². The van der Waals surface area contributed by atoms with Crippen molar-refractivity contribution in [2.45, 2.75) is 45.7 Å². The number of hydrogen-bond donors (Lipinski definition) is 1. The Kier molecular flexibility index (Phi) is 7.59. The molecular weight excluding hydrogens is 308 g/mol. The fourth-order valence-electron chi connectivity index (χ4n) is 2.73. The van der Waals surface area contributed by atoms with Crippen LogP contribution in [-0.4, -0.2) is 41.5 Å². The molecule has 1 aromatic rings. The lowest BCUT2D eigenvalue weighted by atomic mass is 10.0. The van der Waals surface area contributed by atoms with Crippen molar-refractivity contribution in [2.75, 3.05) is 24.5 Å². The third kappa shape index (κ3) is 4.64. The Hall–Kier alpha value is -0.690. The SMILES string of the molecule is CCN(C(C)=O)c1nc(CN2CCCCC2CN)cs1.Cl. The molecule has 0 aromatic carbocycles. The first-order chi connectivity index (χ1) is 9.65. The highest BCUT2D eigenvalue weighted by Crippen LogP contribution is 2.24. The zero-order valence-corrected chi connectivity index (χ0v) is 14.4. The summed E-state index contributed by atoms with van der Waals surface area (Å²) in [6, 6.07) is 0.476. The largest absolute Gasteiger partial charge is 0.329 e. The minimum Gasteiger partial charge on any atom is -0.329 e. The number of aromatic nitrogens is 1. The van der Waals surface area contributed by atoms with Crippen LogP contribution in [0.1, 0.15) is 38.8 Å². The summed E-state index contributed by atoms with van der Waals surface area (Å²) in [6.07, 6.45) is 3.69. The molecule has 120 valence electrons. The van der Waals surface area contributed by atoms with Crippen molar-refractivity contribution in [3.8, 4) is 0 Å². The van der Waals surface area contributed by atoms with Gasteiger partial charge < -0.3 is 5.73 Å². The van der Waals surface area contributed by atoms with Crippen LogP contribution in [0.15, 0.2) is 5.38 Å². The highest BCUT2D eigenvalue weighted by atomic mass is 35.5. The van der Waals surface area contributed by atoms with E-state index in [-0.39, 0.29) is 18.3 Å². The van der Waals surface area contributed by atoms with Gasteiger partial charge in [0, 0.05) is 38.0 Å². The summed E-state index contributed by atoms with van der Waals surface area (Å²) in [4.78, 5) is 20.3. The molecule has 1 amide bonds. The standard InChI is InChI=1S/C14H24N4OS.ClH/c1-3-18(11(2)19)14-16-12(10-20-14)9-17-7-5-4-6-13(17)8-15;/h10,13H,3-9,15H2,1-2H3;1H. The second-order valence-electron chi connectivity index (χ2n) is 5.24. The summed E-state index contributed by atoms with van der Waals surface area (Å²) in [6.45, 7) is 6.87. The monoisotopic (exact) mass is 332 g/mol. The fourth-order valence-corrected chi connectivity index (χ4v) is 3.65. The number of anilines is 1. The third-order valence-corrected chi connectivity index (χ3v) is 4.77. The van der Waals surface area contributed by atoms with Crippen molar-refractivity contribution in [3.05, 3.63) is 11.1 Å². The molecule has 5 nitrogen and oxygen atoms in total. The van der Waals surface area contributed by atoms with Gasteiger partial charge in [0.05, 0.1) is 5.69 Å². The lowest BCUT2D eigenvalue weighted by molar-refractivity contribution is -0.116. The molecule has 0 aliphatic carbocycles. The Morgan fingerprint density at radius 1 is 1.57 bits per heavy atom. The average molecular weight is 333 g/mol. The van der Waals surface area contributed by atoms with Gasteiger partial charge in [-0.15, -0.1) is 23.7 Å². The van der Waals surface area contributed by atoms with Crippen molar-refractivity contribution < 1.29 is 4.79 Å². The Morgan fingerprint density at radius 2 is 2.33 bits per heavy atom. The van der Waals surface area contributed by atoms with Crippen LogP contribution in [0.3, 0.4) is 0 Å². The summed E-state index contributed by atoms with van der Waals surface area (Å²) >= 11 is 1.54. The predicted molar refractivity (Wildman–Crippen MR) is 90.2 cm³/mol. The van der Waals surface area contributed by atoms with Gasteiger partial charge in [-0.1, -0.05) is 6.42 Å². The van der Waals surface area contributed by atoms with E-state index in [9.17, 15) is 4.79 Å². The number of piperidine rings is 1. The maximum atomic E-state index is 11.5. The predicted octanol–water partition coefficient (Wildman–Crippen LogP) is 2.25. The van der Waals surface area contributed by atoms with Gasteiger partial charge in [0.1, 0.15) is 0 Å². The van der Waals surface area contributed by atoms with Gasteiger partial charge in [0.15, 0.2) is 5.13 Å². The van der Waals surface area contributed by atoms with Crippen LogP contribution in [0, 0.1) is 0 Å². The first-order valence-corrected chi connectivity index (χ1v) is 8.20. The maximum Gasteiger partial charge on any atom is 0.225 e. The van der Waals surface area contributed by atoms with Crippen LogP contribution >= 0.6 is 23.7 Å². The van der Waals surface area contributed by atoms with Gasteiger partial charge in [-0.25, -0.2) is 4.98 Å². The molecule has 1 aliphatic heterocycles. The lowest BCUT2D eigenvalue weighted by Crippen LogP contribution is -2.43. The molecule has 21 heavy (non-hydrogen) atoms. The van der Waals surface area contributed by atoms with Crippen molar-refractivity contribution in [1.82, 2.24) is 9.88 Å². The molecule has 1 saturated heterocycles. The number of halogens is 1. The Balaban J connectivity index is 0.00000220. The molecule has 2 rings (SSSR count). The highest BCUT2D eigenvalue weighted by Gasteiger charge is 2.22. The van der Waals surface area contributed by atoms with Crippen LogP contribution in [0.2, 0.25) is 0 Å². The molecule has 1 aromatic heterocycles. The number of thiazole rings is 1. The first-order valence-electron chi connectivity index (χ1n) is 7.32. The summed E-state index contributed by atoms with van der Waals surface area (Å²) in [5.41, 5.74) is 6.90. The number of nitrogens with zero attached hydrogens (tertiary/aromatic N) is 3. The minimum absolute atomic E-state index is 0. The molecule has 1 fully saturated rings. The van der Waals surface area contributed by atoms with E-state index in [1.165, 1.54) is 19.3 Å². The number of amides is 1. The van der Waals surface area contributed by atoms with Crippen LogP contribution in [0.25, 0.3) is 0 Å². The number of hydrogen-bond acceptors (Lipinski definition) is 5. The van der Waals surface area contributed by atoms with Gasteiger partial charge in [-0.3, -0.25) is 14.6 Å². The van der Waals surface area contributed by atoms with E-state index in [0.29, 0.717) is 19.1 Å². The minimum atomic E-state index is 0. The zero-order chi connectivity index (χ0) is 14.5. The van der Waals surface area contributed by atoms with E-state index in [4.69, 9.17) is 5.73 Å². The maximum absolute atomic E-state index is 11.5. The Bertz CT molecular complexity index is 454. The smallest absolute Gasteiger partial charge is 0.225 e. The van der Waals surface area contributed by atoms with Gasteiger partial charge >= 0.3 is 0 Å². The lowest BCUT2D eigenvalue weighted by Gasteiger charge is -2.34. The molecule has 1 aliphatic rings. The van der Waals surface area contributed by atoms with Crippen LogP contribution in [0.4, 0.5) is 5.13 Å². The zero-order valence-electron chi connectivity index (χ0n) is 12.7. The average Bonchev–Trinajstić information content (AvgIpc) is 2.88. The normalized spacial score (nSPS) is 19.1. The molecule has 2 heterocycles. The van der Waals surface area contributed by atoms with Crippen molar-refractivity contribution in [2.24, 2.45) is 5.73 Å². The van der Waals surface area contributed by atoms with Crippen LogP contribution in [0.5, 0.6) is 0 Å². The molecule has 2 N–H and O–H groups in total. The van der Waals surface area contributed by atoms with E-state index in [0.717, 1.165) is 23.9 Å². The second-order valence-corrected chi connectivity index (χ2v) is 6.08. The summed E-state index contributed by atoms with van der Waals surface area (Å²) < 4.78 is 0. The van der Waals surface area contributed by atoms with Crippen LogP contribution in [-0.2, 0) is 11.3 Å². The number of rotatable bonds is 5. The molecule has 1 atom stereocenters. The van der Waals surface area contributed by atoms with E-state index in [1.54, 1.807) is 23.2 Å². The number of carbonyl (C=O) groups is 1. The van der Waals surface area contributed by atoms with Crippen molar-refractivity contribution in [3.63, 3.8) is 0 Å². The van der Waals surface area contributed by atoms with E-state index < -0.39 is 0 Å². The quantitative estimate of drug-likeness (QED) is 0.898. The Labute approximate surface area is 136 Å². The molecule has 0 spiro atoms. The molecule has 7 heteroatoms. The van der Waals surface area contributed by atoms with E-state index in [2.05, 4.69) is 15.3 Å². The molecule has 0 radical (unpaired) electrons. The summed E-state index contributed by atoms with van der Waals surface area (Å²) in [7, 11) is 0. The third-order valence-electron chi connectivity index (χ3n) is 3.85. The van der Waals surface area contributed by atoms with Gasteiger partial charge in [-0.05, 0) is 26.3 Å². The molecule has 0 saturated carbocycles.